The lowest BCUT2D eigenvalue weighted by atomic mass is 10.2. The summed E-state index contributed by atoms with van der Waals surface area (Å²) in [5.41, 5.74) is -1.30. The summed E-state index contributed by atoms with van der Waals surface area (Å²) in [7, 11) is 1.64. The van der Waals surface area contributed by atoms with Crippen LogP contribution in [0, 0.1) is 0 Å². The Morgan fingerprint density at radius 2 is 1.78 bits per heavy atom. The summed E-state index contributed by atoms with van der Waals surface area (Å²) in [6.45, 7) is -0.179. The number of pyridine rings is 1. The maximum Gasteiger partial charge on any atom is 0.440 e. The van der Waals surface area contributed by atoms with E-state index in [1.54, 1.807) is 80.0 Å². The van der Waals surface area contributed by atoms with Crippen LogP contribution in [-0.2, 0) is 12.7 Å². The first-order chi connectivity index (χ1) is 17.2. The predicted octanol–water partition coefficient (Wildman–Crippen LogP) is 5.34. The van der Waals surface area contributed by atoms with Crippen molar-refractivity contribution in [3.8, 4) is 11.6 Å². The first-order valence-electron chi connectivity index (χ1n) is 10.5. The van der Waals surface area contributed by atoms with Gasteiger partial charge in [-0.3, -0.25) is 14.4 Å². The fourth-order valence-electron chi connectivity index (χ4n) is 3.16. The van der Waals surface area contributed by atoms with Gasteiger partial charge < -0.3 is 10.1 Å². The molecule has 12 heteroatoms. The van der Waals surface area contributed by atoms with Crippen molar-refractivity contribution in [3.05, 3.63) is 99.1 Å². The number of aromatic nitrogens is 4. The third-order valence-corrected chi connectivity index (χ3v) is 5.06. The van der Waals surface area contributed by atoms with Crippen LogP contribution in [0.2, 0.25) is 5.02 Å². The van der Waals surface area contributed by atoms with E-state index < -0.39 is 17.4 Å². The smallest absolute Gasteiger partial charge is 0.439 e. The Morgan fingerprint density at radius 1 is 1.06 bits per heavy atom. The van der Waals surface area contributed by atoms with E-state index in [-0.39, 0.29) is 12.5 Å². The highest BCUT2D eigenvalue weighted by Gasteiger charge is 2.38. The molecular formula is C24H18ClF3N6O2. The fourth-order valence-corrected chi connectivity index (χ4v) is 3.28. The van der Waals surface area contributed by atoms with Gasteiger partial charge in [-0.05, 0) is 48.0 Å². The van der Waals surface area contributed by atoms with Crippen molar-refractivity contribution < 1.29 is 17.9 Å². The van der Waals surface area contributed by atoms with Crippen molar-refractivity contribution in [2.24, 2.45) is 4.99 Å². The SMILES string of the molecule is CN=Cc1cccc(Oc2ccc(Nc3nnc(C(F)(F)F)c(=O)n3Cc3ccc(Cl)cc3)cc2)n1. The van der Waals surface area contributed by atoms with Crippen LogP contribution in [0.25, 0.3) is 0 Å². The summed E-state index contributed by atoms with van der Waals surface area (Å²) >= 11 is 5.88. The van der Waals surface area contributed by atoms with Gasteiger partial charge in [0.25, 0.3) is 5.56 Å². The van der Waals surface area contributed by atoms with Crippen LogP contribution in [0.3, 0.4) is 0 Å². The molecule has 0 spiro atoms. The molecule has 0 fully saturated rings. The number of rotatable bonds is 7. The summed E-state index contributed by atoms with van der Waals surface area (Å²) in [5, 5.41) is 10.1. The normalized spacial score (nSPS) is 11.6. The number of alkyl halides is 3. The minimum absolute atomic E-state index is 0.162. The van der Waals surface area contributed by atoms with Crippen LogP contribution in [0.1, 0.15) is 17.0 Å². The maximum absolute atomic E-state index is 13.3. The first kappa shape index (κ1) is 24.9. The third-order valence-electron chi connectivity index (χ3n) is 4.81. The number of nitrogens with zero attached hydrogens (tertiary/aromatic N) is 5. The molecule has 1 N–H and O–H groups in total. The maximum atomic E-state index is 13.3. The molecule has 2 aromatic carbocycles. The fraction of sp³-hybridized carbons (Fsp3) is 0.125. The molecule has 0 unspecified atom stereocenters. The second-order valence-corrected chi connectivity index (χ2v) is 7.86. The quantitative estimate of drug-likeness (QED) is 0.335. The van der Waals surface area contributed by atoms with E-state index in [2.05, 4.69) is 25.5 Å². The zero-order valence-electron chi connectivity index (χ0n) is 18.7. The number of aliphatic imine (C=N–C) groups is 1. The van der Waals surface area contributed by atoms with E-state index in [0.717, 1.165) is 4.57 Å². The summed E-state index contributed by atoms with van der Waals surface area (Å²) in [6, 6.07) is 18.1. The Balaban J connectivity index is 1.59. The van der Waals surface area contributed by atoms with Gasteiger partial charge >= 0.3 is 6.18 Å². The second-order valence-electron chi connectivity index (χ2n) is 7.43. The van der Waals surface area contributed by atoms with Gasteiger partial charge in [-0.1, -0.05) is 29.8 Å². The number of anilines is 2. The molecule has 4 rings (SSSR count). The van der Waals surface area contributed by atoms with E-state index >= 15 is 0 Å². The molecule has 0 amide bonds. The van der Waals surface area contributed by atoms with E-state index in [0.29, 0.717) is 33.6 Å². The molecule has 0 saturated carbocycles. The van der Waals surface area contributed by atoms with Crippen LogP contribution in [0.4, 0.5) is 24.8 Å². The van der Waals surface area contributed by atoms with Crippen molar-refractivity contribution in [3.63, 3.8) is 0 Å². The van der Waals surface area contributed by atoms with Gasteiger partial charge in [-0.25, -0.2) is 4.98 Å². The Kier molecular flexibility index (Phi) is 7.30. The number of ether oxygens (including phenoxy) is 1. The highest BCUT2D eigenvalue weighted by Crippen LogP contribution is 2.26. The second kappa shape index (κ2) is 10.6. The molecule has 0 radical (unpaired) electrons. The number of hydrogen-bond acceptors (Lipinski definition) is 7. The zero-order valence-corrected chi connectivity index (χ0v) is 19.5. The minimum Gasteiger partial charge on any atom is -0.439 e. The molecule has 8 nitrogen and oxygen atoms in total. The van der Waals surface area contributed by atoms with Crippen molar-refractivity contribution in [2.75, 3.05) is 12.4 Å². The monoisotopic (exact) mass is 514 g/mol. The van der Waals surface area contributed by atoms with E-state index in [1.165, 1.54) is 0 Å². The van der Waals surface area contributed by atoms with Gasteiger partial charge in [-0.15, -0.1) is 10.2 Å². The largest absolute Gasteiger partial charge is 0.440 e. The lowest BCUT2D eigenvalue weighted by molar-refractivity contribution is -0.143. The highest BCUT2D eigenvalue weighted by molar-refractivity contribution is 6.30. The van der Waals surface area contributed by atoms with Crippen LogP contribution < -0.4 is 15.6 Å². The molecule has 2 heterocycles. The van der Waals surface area contributed by atoms with Gasteiger partial charge in [0.05, 0.1) is 12.2 Å². The van der Waals surface area contributed by atoms with Crippen molar-refractivity contribution >= 4 is 29.5 Å². The molecule has 4 aromatic rings. The number of nitrogens with one attached hydrogen (secondary N) is 1. The van der Waals surface area contributed by atoms with Crippen molar-refractivity contribution in [1.82, 2.24) is 19.7 Å². The third kappa shape index (κ3) is 6.05. The van der Waals surface area contributed by atoms with Crippen LogP contribution in [0.15, 0.2) is 76.5 Å². The van der Waals surface area contributed by atoms with Crippen LogP contribution in [0.5, 0.6) is 11.6 Å². The number of benzene rings is 2. The average molecular weight is 515 g/mol. The molecular weight excluding hydrogens is 497 g/mol. The van der Waals surface area contributed by atoms with Crippen molar-refractivity contribution in [1.29, 1.82) is 0 Å². The molecule has 0 aliphatic heterocycles. The summed E-state index contributed by atoms with van der Waals surface area (Å²) in [6.07, 6.45) is -3.35. The molecule has 0 bridgehead atoms. The van der Waals surface area contributed by atoms with Crippen LogP contribution in [-0.4, -0.2) is 33.0 Å². The highest BCUT2D eigenvalue weighted by atomic mass is 35.5. The van der Waals surface area contributed by atoms with Crippen LogP contribution >= 0.6 is 11.6 Å². The molecule has 0 saturated heterocycles. The standard InChI is InChI=1S/C24H18ClF3N6O2/c1-29-13-18-3-2-4-20(30-18)36-19-11-9-17(10-12-19)31-23-33-32-21(24(26,27)28)22(35)34(23)14-15-5-7-16(25)8-6-15/h2-13H,14H2,1H3,(H,31,33). The summed E-state index contributed by atoms with van der Waals surface area (Å²) in [4.78, 5) is 20.9. The number of halogens is 4. The minimum atomic E-state index is -4.95. The van der Waals surface area contributed by atoms with E-state index in [4.69, 9.17) is 16.3 Å². The molecule has 36 heavy (non-hydrogen) atoms. The Labute approximate surface area is 208 Å². The Hall–Kier alpha value is -4.25. The molecule has 184 valence electrons. The van der Waals surface area contributed by atoms with Gasteiger partial charge in [0.2, 0.25) is 17.5 Å². The van der Waals surface area contributed by atoms with Crippen molar-refractivity contribution in [2.45, 2.75) is 12.7 Å². The van der Waals surface area contributed by atoms with Gasteiger partial charge in [0, 0.05) is 30.0 Å². The lowest BCUT2D eigenvalue weighted by Crippen LogP contribution is -2.33. The predicted molar refractivity (Wildman–Crippen MR) is 129 cm³/mol. The van der Waals surface area contributed by atoms with E-state index in [1.807, 2.05) is 0 Å². The molecule has 2 aromatic heterocycles. The van der Waals surface area contributed by atoms with Gasteiger partial charge in [0.1, 0.15) is 5.75 Å². The van der Waals surface area contributed by atoms with Gasteiger partial charge in [0.15, 0.2) is 0 Å². The Morgan fingerprint density at radius 3 is 2.44 bits per heavy atom. The Bertz CT molecular complexity index is 1440. The topological polar surface area (TPSA) is 94.3 Å². The zero-order chi connectivity index (χ0) is 25.7. The van der Waals surface area contributed by atoms with Gasteiger partial charge in [-0.2, -0.15) is 13.2 Å². The first-order valence-corrected chi connectivity index (χ1v) is 10.8. The molecule has 0 aliphatic rings. The molecule has 0 atom stereocenters. The number of hydrogen-bond donors (Lipinski definition) is 1. The van der Waals surface area contributed by atoms with E-state index in [9.17, 15) is 18.0 Å². The molecule has 0 aliphatic carbocycles. The summed E-state index contributed by atoms with van der Waals surface area (Å²) < 4.78 is 46.5. The summed E-state index contributed by atoms with van der Waals surface area (Å²) in [5.74, 6) is 0.666. The average Bonchev–Trinajstić information content (AvgIpc) is 2.83. The lowest BCUT2D eigenvalue weighted by Gasteiger charge is -2.15.